The van der Waals surface area contributed by atoms with Crippen molar-refractivity contribution >= 4 is 10.9 Å². The minimum absolute atomic E-state index is 0.0410. The van der Waals surface area contributed by atoms with Crippen LogP contribution in [0.5, 0.6) is 17.2 Å². The lowest BCUT2D eigenvalue weighted by Gasteiger charge is -2.18. The Morgan fingerprint density at radius 2 is 1.89 bits per heavy atom. The molecule has 0 radical (unpaired) electrons. The van der Waals surface area contributed by atoms with Crippen molar-refractivity contribution in [1.82, 2.24) is 4.57 Å². The standard InChI is InChI=1S/C22H29NO4/c1-14(2)7-6-8-16(5)11-12-27-21-20(25)18-10-9-17(24)13-19(18)23(15(3)4)22(21)26/h7,9-11,13,15,24-25H,6,8,12H2,1-5H3/b16-11+. The number of aromatic hydroxyl groups is 2. The Balaban J connectivity index is 2.32. The lowest BCUT2D eigenvalue weighted by molar-refractivity contribution is 0.327. The molecule has 0 atom stereocenters. The van der Waals surface area contributed by atoms with Crippen LogP contribution in [0, 0.1) is 0 Å². The van der Waals surface area contributed by atoms with Gasteiger partial charge in [-0.3, -0.25) is 4.79 Å². The van der Waals surface area contributed by atoms with Crippen LogP contribution in [-0.2, 0) is 0 Å². The molecule has 27 heavy (non-hydrogen) atoms. The van der Waals surface area contributed by atoms with Gasteiger partial charge >= 0.3 is 0 Å². The quantitative estimate of drug-likeness (QED) is 0.667. The van der Waals surface area contributed by atoms with Crippen LogP contribution < -0.4 is 10.3 Å². The first kappa shape index (κ1) is 20.6. The molecule has 2 N–H and O–H groups in total. The van der Waals surface area contributed by atoms with Crippen LogP contribution in [0.3, 0.4) is 0 Å². The zero-order valence-electron chi connectivity index (χ0n) is 16.7. The Kier molecular flexibility index (Phi) is 6.72. The van der Waals surface area contributed by atoms with Gasteiger partial charge in [-0.2, -0.15) is 0 Å². The molecule has 1 heterocycles. The average molecular weight is 371 g/mol. The van der Waals surface area contributed by atoms with Crippen LogP contribution in [0.2, 0.25) is 0 Å². The molecule has 0 aliphatic heterocycles. The number of hydrogen-bond donors (Lipinski definition) is 2. The average Bonchev–Trinajstić information content (AvgIpc) is 2.57. The lowest BCUT2D eigenvalue weighted by atomic mass is 10.1. The number of benzene rings is 1. The van der Waals surface area contributed by atoms with E-state index in [2.05, 4.69) is 19.9 Å². The number of nitrogens with zero attached hydrogens (tertiary/aromatic N) is 1. The van der Waals surface area contributed by atoms with Gasteiger partial charge in [0.15, 0.2) is 5.75 Å². The predicted octanol–water partition coefficient (Wildman–Crippen LogP) is 5.07. The van der Waals surface area contributed by atoms with E-state index >= 15 is 0 Å². The molecule has 0 saturated carbocycles. The highest BCUT2D eigenvalue weighted by Gasteiger charge is 2.19. The molecule has 1 aromatic heterocycles. The van der Waals surface area contributed by atoms with Crippen molar-refractivity contribution in [2.45, 2.75) is 53.5 Å². The van der Waals surface area contributed by atoms with Crippen molar-refractivity contribution in [3.63, 3.8) is 0 Å². The number of rotatable bonds is 7. The third-order valence-corrected chi connectivity index (χ3v) is 4.39. The molecule has 0 aliphatic rings. The van der Waals surface area contributed by atoms with Gasteiger partial charge in [0, 0.05) is 17.5 Å². The van der Waals surface area contributed by atoms with Crippen LogP contribution in [-0.4, -0.2) is 21.4 Å². The van der Waals surface area contributed by atoms with Gasteiger partial charge in [-0.1, -0.05) is 17.2 Å². The van der Waals surface area contributed by atoms with E-state index in [-0.39, 0.29) is 29.9 Å². The van der Waals surface area contributed by atoms with E-state index in [1.807, 2.05) is 26.8 Å². The van der Waals surface area contributed by atoms with Crippen molar-refractivity contribution in [2.75, 3.05) is 6.61 Å². The fourth-order valence-electron chi connectivity index (χ4n) is 2.96. The predicted molar refractivity (Wildman–Crippen MR) is 110 cm³/mol. The van der Waals surface area contributed by atoms with Gasteiger partial charge in [0.25, 0.3) is 5.56 Å². The van der Waals surface area contributed by atoms with Crippen molar-refractivity contribution < 1.29 is 14.9 Å². The van der Waals surface area contributed by atoms with Gasteiger partial charge in [-0.05, 0) is 65.7 Å². The van der Waals surface area contributed by atoms with E-state index in [1.54, 1.807) is 6.07 Å². The third-order valence-electron chi connectivity index (χ3n) is 4.39. The van der Waals surface area contributed by atoms with E-state index in [4.69, 9.17) is 4.74 Å². The van der Waals surface area contributed by atoms with E-state index in [0.29, 0.717) is 10.9 Å². The molecule has 0 saturated heterocycles. The molecule has 0 bridgehead atoms. The monoisotopic (exact) mass is 371 g/mol. The van der Waals surface area contributed by atoms with Gasteiger partial charge in [-0.15, -0.1) is 0 Å². The van der Waals surface area contributed by atoms with Gasteiger partial charge in [0.05, 0.1) is 5.52 Å². The van der Waals surface area contributed by atoms with Gasteiger partial charge in [-0.25, -0.2) is 0 Å². The third kappa shape index (κ3) is 4.94. The van der Waals surface area contributed by atoms with Crippen molar-refractivity contribution in [2.24, 2.45) is 0 Å². The molecular formula is C22H29NO4. The molecule has 0 unspecified atom stereocenters. The maximum Gasteiger partial charge on any atom is 0.297 e. The summed E-state index contributed by atoms with van der Waals surface area (Å²) in [6.45, 7) is 10.1. The maximum absolute atomic E-state index is 12.8. The minimum Gasteiger partial charge on any atom is -0.508 e. The van der Waals surface area contributed by atoms with Crippen molar-refractivity contribution in [3.05, 3.63) is 51.9 Å². The number of ether oxygens (including phenoxy) is 1. The lowest BCUT2D eigenvalue weighted by Crippen LogP contribution is -2.24. The number of pyridine rings is 1. The molecule has 1 aromatic carbocycles. The Morgan fingerprint density at radius 3 is 2.52 bits per heavy atom. The maximum atomic E-state index is 12.8. The van der Waals surface area contributed by atoms with Crippen LogP contribution in [0.25, 0.3) is 10.9 Å². The summed E-state index contributed by atoms with van der Waals surface area (Å²) in [6, 6.07) is 4.40. The Bertz CT molecular complexity index is 931. The first-order chi connectivity index (χ1) is 12.7. The summed E-state index contributed by atoms with van der Waals surface area (Å²) >= 11 is 0. The van der Waals surface area contributed by atoms with Crippen molar-refractivity contribution in [3.8, 4) is 17.2 Å². The molecule has 5 heteroatoms. The molecule has 2 rings (SSSR count). The van der Waals surface area contributed by atoms with Gasteiger partial charge < -0.3 is 19.5 Å². The highest BCUT2D eigenvalue weighted by molar-refractivity contribution is 5.88. The van der Waals surface area contributed by atoms with Crippen LogP contribution >= 0.6 is 0 Å². The molecule has 0 fully saturated rings. The molecule has 0 spiro atoms. The van der Waals surface area contributed by atoms with E-state index in [9.17, 15) is 15.0 Å². The fourth-order valence-corrected chi connectivity index (χ4v) is 2.96. The number of fused-ring (bicyclic) bond motifs is 1. The van der Waals surface area contributed by atoms with Gasteiger partial charge in [0.2, 0.25) is 5.75 Å². The SMILES string of the molecule is CC(C)=CCC/C(C)=C/COc1c(O)c2ccc(O)cc2n(C(C)C)c1=O. The number of hydrogen-bond acceptors (Lipinski definition) is 4. The molecule has 0 aliphatic carbocycles. The number of phenols is 1. The highest BCUT2D eigenvalue weighted by Crippen LogP contribution is 2.34. The first-order valence-corrected chi connectivity index (χ1v) is 9.24. The number of phenolic OH excluding ortho intramolecular Hbond substituents is 1. The molecule has 0 amide bonds. The Hall–Kier alpha value is -2.69. The summed E-state index contributed by atoms with van der Waals surface area (Å²) in [7, 11) is 0. The normalized spacial score (nSPS) is 11.9. The Morgan fingerprint density at radius 1 is 1.19 bits per heavy atom. The number of aromatic nitrogens is 1. The number of allylic oxidation sites excluding steroid dienone is 3. The van der Waals surface area contributed by atoms with Crippen LogP contribution in [0.1, 0.15) is 53.5 Å². The van der Waals surface area contributed by atoms with E-state index < -0.39 is 5.56 Å². The summed E-state index contributed by atoms with van der Waals surface area (Å²) in [5, 5.41) is 20.8. The molecular weight excluding hydrogens is 342 g/mol. The van der Waals surface area contributed by atoms with Crippen LogP contribution in [0.15, 0.2) is 46.3 Å². The zero-order valence-corrected chi connectivity index (χ0v) is 16.7. The zero-order chi connectivity index (χ0) is 20.1. The summed E-state index contributed by atoms with van der Waals surface area (Å²) in [5.41, 5.74) is 2.53. The second kappa shape index (κ2) is 8.80. The topological polar surface area (TPSA) is 71.7 Å². The summed E-state index contributed by atoms with van der Waals surface area (Å²) < 4.78 is 7.18. The first-order valence-electron chi connectivity index (χ1n) is 9.24. The van der Waals surface area contributed by atoms with Gasteiger partial charge in [0.1, 0.15) is 12.4 Å². The second-order valence-corrected chi connectivity index (χ2v) is 7.33. The second-order valence-electron chi connectivity index (χ2n) is 7.33. The summed E-state index contributed by atoms with van der Waals surface area (Å²) in [5.74, 6) is -0.211. The van der Waals surface area contributed by atoms with E-state index in [0.717, 1.165) is 12.8 Å². The minimum atomic E-state index is -0.406. The summed E-state index contributed by atoms with van der Waals surface area (Å²) in [4.78, 5) is 12.8. The molecule has 146 valence electrons. The van der Waals surface area contributed by atoms with E-state index in [1.165, 1.54) is 27.8 Å². The largest absolute Gasteiger partial charge is 0.508 e. The van der Waals surface area contributed by atoms with Crippen LogP contribution in [0.4, 0.5) is 0 Å². The Labute approximate surface area is 160 Å². The van der Waals surface area contributed by atoms with Crippen molar-refractivity contribution in [1.29, 1.82) is 0 Å². The smallest absolute Gasteiger partial charge is 0.297 e. The summed E-state index contributed by atoms with van der Waals surface area (Å²) in [6.07, 6.45) is 6.01. The fraction of sp³-hybridized carbons (Fsp3) is 0.409. The highest BCUT2D eigenvalue weighted by atomic mass is 16.5. The molecule has 2 aromatic rings. The molecule has 5 nitrogen and oxygen atoms in total.